The van der Waals surface area contributed by atoms with E-state index in [0.717, 1.165) is 31.0 Å². The maximum absolute atomic E-state index is 12.2. The molecule has 0 saturated carbocycles. The maximum atomic E-state index is 12.2. The quantitative estimate of drug-likeness (QED) is 0.823. The van der Waals surface area contributed by atoms with Crippen LogP contribution in [-0.2, 0) is 11.4 Å². The van der Waals surface area contributed by atoms with E-state index in [1.54, 1.807) is 0 Å². The van der Waals surface area contributed by atoms with Crippen LogP contribution in [0.25, 0.3) is 5.00 Å². The lowest BCUT2D eigenvalue weighted by molar-refractivity contribution is -0.00685. The molecule has 114 valence electrons. The normalized spacial score (nSPS) is 19.2. The highest BCUT2D eigenvalue weighted by molar-refractivity contribution is 7.12. The van der Waals surface area contributed by atoms with E-state index in [2.05, 4.69) is 10.4 Å². The maximum Gasteiger partial charge on any atom is 0.370 e. The number of likely N-dealkylation sites (N-methyl/N-ethyl adjacent to an activating group) is 1. The van der Waals surface area contributed by atoms with Crippen molar-refractivity contribution < 1.29 is 4.74 Å². The van der Waals surface area contributed by atoms with E-state index in [-0.39, 0.29) is 11.8 Å². The molecular weight excluding hydrogens is 290 g/mol. The Kier molecular flexibility index (Phi) is 4.47. The van der Waals surface area contributed by atoms with Gasteiger partial charge in [0.15, 0.2) is 0 Å². The van der Waals surface area contributed by atoms with Crippen LogP contribution < -0.4 is 5.69 Å². The number of hydrogen-bond donors (Lipinski definition) is 0. The van der Waals surface area contributed by atoms with Gasteiger partial charge in [-0.05, 0) is 54.2 Å². The minimum Gasteiger partial charge on any atom is -0.377 e. The van der Waals surface area contributed by atoms with Gasteiger partial charge in [0, 0.05) is 13.2 Å². The minimum absolute atomic E-state index is 0.214. The van der Waals surface area contributed by atoms with Crippen LogP contribution in [0.3, 0.4) is 0 Å². The van der Waals surface area contributed by atoms with Gasteiger partial charge in [-0.3, -0.25) is 4.90 Å². The first kappa shape index (κ1) is 14.4. The van der Waals surface area contributed by atoms with Crippen molar-refractivity contribution in [3.8, 4) is 5.00 Å². The number of ether oxygens (including phenoxy) is 1. The molecule has 0 radical (unpaired) electrons. The van der Waals surface area contributed by atoms with Gasteiger partial charge in [0.1, 0.15) is 11.7 Å². The molecule has 7 nitrogen and oxygen atoms in total. The summed E-state index contributed by atoms with van der Waals surface area (Å²) in [4.78, 5) is 14.3. The van der Waals surface area contributed by atoms with Crippen molar-refractivity contribution in [2.45, 2.75) is 32.0 Å². The van der Waals surface area contributed by atoms with E-state index in [1.165, 1.54) is 27.1 Å². The van der Waals surface area contributed by atoms with Crippen LogP contribution in [-0.4, -0.2) is 51.0 Å². The largest absolute Gasteiger partial charge is 0.377 e. The third kappa shape index (κ3) is 3.39. The summed E-state index contributed by atoms with van der Waals surface area (Å²) >= 11 is 1.46. The third-order valence-corrected chi connectivity index (χ3v) is 4.36. The Hall–Kier alpha value is -1.51. The second-order valence-electron chi connectivity index (χ2n) is 5.29. The molecule has 1 fully saturated rings. The first-order valence-electron chi connectivity index (χ1n) is 7.11. The third-order valence-electron chi connectivity index (χ3n) is 3.52. The van der Waals surface area contributed by atoms with E-state index in [1.807, 2.05) is 29.5 Å². The molecule has 0 N–H and O–H groups in total. The van der Waals surface area contributed by atoms with Gasteiger partial charge in [0.25, 0.3) is 0 Å². The molecule has 0 unspecified atom stereocenters. The van der Waals surface area contributed by atoms with Crippen molar-refractivity contribution in [3.05, 3.63) is 28.0 Å². The predicted octanol–water partition coefficient (Wildman–Crippen LogP) is 0.949. The molecule has 3 rings (SSSR count). The van der Waals surface area contributed by atoms with E-state index in [0.29, 0.717) is 6.67 Å². The van der Waals surface area contributed by atoms with Crippen molar-refractivity contribution in [2.24, 2.45) is 0 Å². The topological polar surface area (TPSA) is 65.2 Å². The molecule has 2 aromatic rings. The van der Waals surface area contributed by atoms with Crippen molar-refractivity contribution in [1.82, 2.24) is 24.7 Å². The van der Waals surface area contributed by atoms with E-state index < -0.39 is 0 Å². The Morgan fingerprint density at radius 1 is 1.48 bits per heavy atom. The Morgan fingerprint density at radius 2 is 2.38 bits per heavy atom. The van der Waals surface area contributed by atoms with E-state index >= 15 is 0 Å². The molecule has 1 aliphatic rings. The zero-order valence-electron chi connectivity index (χ0n) is 12.0. The zero-order valence-corrected chi connectivity index (χ0v) is 12.8. The SMILES string of the molecule is CN(C[C@@H]1CCCCO1)Cn1nnn(-c2cccs2)c1=O. The highest BCUT2D eigenvalue weighted by Crippen LogP contribution is 2.13. The highest BCUT2D eigenvalue weighted by Gasteiger charge is 2.17. The molecule has 8 heteroatoms. The van der Waals surface area contributed by atoms with Gasteiger partial charge in [-0.15, -0.1) is 11.3 Å². The summed E-state index contributed by atoms with van der Waals surface area (Å²) in [5.74, 6) is 0. The summed E-state index contributed by atoms with van der Waals surface area (Å²) in [6.07, 6.45) is 3.70. The van der Waals surface area contributed by atoms with Gasteiger partial charge < -0.3 is 4.74 Å². The van der Waals surface area contributed by atoms with Crippen molar-refractivity contribution in [3.63, 3.8) is 0 Å². The van der Waals surface area contributed by atoms with Crippen LogP contribution in [0, 0.1) is 0 Å². The number of nitrogens with zero attached hydrogens (tertiary/aromatic N) is 5. The molecule has 0 aliphatic carbocycles. The fourth-order valence-electron chi connectivity index (χ4n) is 2.48. The van der Waals surface area contributed by atoms with Crippen molar-refractivity contribution in [2.75, 3.05) is 20.2 Å². The molecule has 0 spiro atoms. The van der Waals surface area contributed by atoms with Gasteiger partial charge >= 0.3 is 5.69 Å². The molecule has 0 amide bonds. The fourth-order valence-corrected chi connectivity index (χ4v) is 3.15. The number of tetrazole rings is 1. The average Bonchev–Trinajstić information content (AvgIpc) is 3.11. The Labute approximate surface area is 126 Å². The van der Waals surface area contributed by atoms with Gasteiger partial charge in [-0.1, -0.05) is 0 Å². The van der Waals surface area contributed by atoms with Crippen LogP contribution in [0.2, 0.25) is 0 Å². The highest BCUT2D eigenvalue weighted by atomic mass is 32.1. The molecular formula is C13H19N5O2S. The number of hydrogen-bond acceptors (Lipinski definition) is 6. The molecule has 1 saturated heterocycles. The van der Waals surface area contributed by atoms with Crippen molar-refractivity contribution >= 4 is 11.3 Å². The molecule has 0 aromatic carbocycles. The second kappa shape index (κ2) is 6.50. The number of rotatable bonds is 5. The molecule has 0 bridgehead atoms. The van der Waals surface area contributed by atoms with E-state index in [9.17, 15) is 4.79 Å². The van der Waals surface area contributed by atoms with Crippen LogP contribution >= 0.6 is 11.3 Å². The lowest BCUT2D eigenvalue weighted by Gasteiger charge is -2.26. The molecule has 1 atom stereocenters. The summed E-state index contributed by atoms with van der Waals surface area (Å²) in [7, 11) is 1.97. The molecule has 21 heavy (non-hydrogen) atoms. The van der Waals surface area contributed by atoms with Crippen LogP contribution in [0.4, 0.5) is 0 Å². The van der Waals surface area contributed by atoms with Crippen molar-refractivity contribution in [1.29, 1.82) is 0 Å². The van der Waals surface area contributed by atoms with Crippen LogP contribution in [0.5, 0.6) is 0 Å². The van der Waals surface area contributed by atoms with Crippen LogP contribution in [0.1, 0.15) is 19.3 Å². The predicted molar refractivity (Wildman–Crippen MR) is 79.7 cm³/mol. The van der Waals surface area contributed by atoms with Gasteiger partial charge in [-0.25, -0.2) is 4.79 Å². The molecule has 2 aromatic heterocycles. The minimum atomic E-state index is -0.214. The zero-order chi connectivity index (χ0) is 14.7. The summed E-state index contributed by atoms with van der Waals surface area (Å²) in [6, 6.07) is 3.74. The summed E-state index contributed by atoms with van der Waals surface area (Å²) in [6.45, 7) is 2.06. The smallest absolute Gasteiger partial charge is 0.370 e. The Morgan fingerprint density at radius 3 is 3.10 bits per heavy atom. The summed E-state index contributed by atoms with van der Waals surface area (Å²) in [5.41, 5.74) is -0.214. The van der Waals surface area contributed by atoms with Gasteiger partial charge in [0.2, 0.25) is 0 Å². The Balaban J connectivity index is 1.63. The van der Waals surface area contributed by atoms with Crippen LogP contribution in [0.15, 0.2) is 22.3 Å². The first-order chi connectivity index (χ1) is 10.2. The van der Waals surface area contributed by atoms with E-state index in [4.69, 9.17) is 4.74 Å². The number of thiophene rings is 1. The van der Waals surface area contributed by atoms with Gasteiger partial charge in [-0.2, -0.15) is 9.36 Å². The standard InChI is InChI=1S/C13H19N5O2S/c1-16(9-11-5-2-3-7-20-11)10-17-13(19)18(15-14-17)12-6-4-8-21-12/h4,6,8,11H,2-3,5,7,9-10H2,1H3/t11-/m0/s1. The summed E-state index contributed by atoms with van der Waals surface area (Å²) in [5, 5.41) is 10.6. The molecule has 1 aliphatic heterocycles. The molecule has 3 heterocycles. The lowest BCUT2D eigenvalue weighted by Crippen LogP contribution is -2.37. The Bertz CT molecular complexity index is 615. The fraction of sp³-hybridized carbons (Fsp3) is 0.615. The number of aromatic nitrogens is 4. The second-order valence-corrected chi connectivity index (χ2v) is 6.22. The first-order valence-corrected chi connectivity index (χ1v) is 7.99. The lowest BCUT2D eigenvalue weighted by atomic mass is 10.1. The summed E-state index contributed by atoms with van der Waals surface area (Å²) < 4.78 is 8.42. The average molecular weight is 309 g/mol. The van der Waals surface area contributed by atoms with Gasteiger partial charge in [0.05, 0.1) is 6.10 Å². The monoisotopic (exact) mass is 309 g/mol.